The topological polar surface area (TPSA) is 15.3 Å². The monoisotopic (exact) mass is 350 g/mol. The summed E-state index contributed by atoms with van der Waals surface area (Å²) in [5.41, 5.74) is 2.05. The Hall–Kier alpha value is -0.380. The second kappa shape index (κ2) is 6.80. The Kier molecular flexibility index (Phi) is 5.03. The van der Waals surface area contributed by atoms with E-state index in [4.69, 9.17) is 0 Å². The van der Waals surface area contributed by atoms with Crippen LogP contribution in [-0.2, 0) is 0 Å². The van der Waals surface area contributed by atoms with E-state index in [0.717, 1.165) is 6.54 Å². The predicted molar refractivity (Wildman–Crippen MR) is 92.8 cm³/mol. The molecular formula is C18H27BrN2. The minimum Gasteiger partial charge on any atom is -0.316 e. The fourth-order valence-electron chi connectivity index (χ4n) is 4.28. The summed E-state index contributed by atoms with van der Waals surface area (Å²) in [6, 6.07) is 9.04. The quantitative estimate of drug-likeness (QED) is 0.885. The number of rotatable bonds is 3. The zero-order valence-electron chi connectivity index (χ0n) is 13.1. The van der Waals surface area contributed by atoms with Gasteiger partial charge in [0, 0.05) is 16.9 Å². The molecule has 1 aromatic carbocycles. The van der Waals surface area contributed by atoms with Crippen molar-refractivity contribution >= 4 is 15.9 Å². The first-order valence-electron chi connectivity index (χ1n) is 8.42. The van der Waals surface area contributed by atoms with Gasteiger partial charge in [-0.05, 0) is 75.0 Å². The van der Waals surface area contributed by atoms with Crippen molar-refractivity contribution in [2.75, 3.05) is 32.7 Å². The summed E-state index contributed by atoms with van der Waals surface area (Å²) in [6.45, 7) is 8.49. The van der Waals surface area contributed by atoms with Crippen LogP contribution in [0.1, 0.15) is 44.1 Å². The van der Waals surface area contributed by atoms with Gasteiger partial charge in [0.05, 0.1) is 0 Å². The third-order valence-electron chi connectivity index (χ3n) is 5.55. The molecule has 0 bridgehead atoms. The molecule has 1 aromatic rings. The molecule has 0 amide bonds. The van der Waals surface area contributed by atoms with Crippen molar-refractivity contribution in [3.8, 4) is 0 Å². The average Bonchev–Trinajstić information content (AvgIpc) is 2.52. The maximum atomic E-state index is 3.63. The molecule has 2 saturated heterocycles. The Bertz CT molecular complexity index is 449. The smallest absolute Gasteiger partial charge is 0.0175 e. The van der Waals surface area contributed by atoms with E-state index in [-0.39, 0.29) is 0 Å². The highest BCUT2D eigenvalue weighted by Gasteiger charge is 2.43. The molecule has 0 aromatic heterocycles. The number of halogens is 1. The molecule has 2 aliphatic heterocycles. The lowest BCUT2D eigenvalue weighted by molar-refractivity contribution is 0.0539. The molecule has 1 N–H and O–H groups in total. The molecule has 0 radical (unpaired) electrons. The first kappa shape index (κ1) is 15.5. The minimum absolute atomic E-state index is 0.531. The third kappa shape index (κ3) is 3.35. The van der Waals surface area contributed by atoms with Crippen LogP contribution in [-0.4, -0.2) is 37.6 Å². The van der Waals surface area contributed by atoms with E-state index in [1.165, 1.54) is 61.9 Å². The molecule has 2 aliphatic rings. The van der Waals surface area contributed by atoms with Gasteiger partial charge in [-0.2, -0.15) is 0 Å². The van der Waals surface area contributed by atoms with Gasteiger partial charge < -0.3 is 10.2 Å². The standard InChI is InChI=1S/C18H27BrN2/c1-2-11-21-12-8-18(9-13-21)7-10-20-14-17(18)15-3-5-16(19)6-4-15/h3-6,17,20H,2,7-14H2,1H3. The van der Waals surface area contributed by atoms with E-state index in [9.17, 15) is 0 Å². The average molecular weight is 351 g/mol. The number of hydrogen-bond acceptors (Lipinski definition) is 2. The van der Waals surface area contributed by atoms with Gasteiger partial charge >= 0.3 is 0 Å². The third-order valence-corrected chi connectivity index (χ3v) is 6.08. The van der Waals surface area contributed by atoms with E-state index in [1.54, 1.807) is 0 Å². The van der Waals surface area contributed by atoms with Crippen molar-refractivity contribution in [2.24, 2.45) is 5.41 Å². The maximum Gasteiger partial charge on any atom is 0.0175 e. The number of piperidine rings is 2. The molecule has 1 atom stereocenters. The van der Waals surface area contributed by atoms with E-state index in [1.807, 2.05) is 0 Å². The molecule has 3 rings (SSSR count). The molecule has 2 heterocycles. The van der Waals surface area contributed by atoms with Crippen molar-refractivity contribution in [3.63, 3.8) is 0 Å². The Morgan fingerprint density at radius 3 is 2.57 bits per heavy atom. The second-order valence-electron chi connectivity index (χ2n) is 6.76. The van der Waals surface area contributed by atoms with E-state index in [2.05, 4.69) is 57.3 Å². The maximum absolute atomic E-state index is 3.63. The molecule has 2 nitrogen and oxygen atoms in total. The molecule has 116 valence electrons. The van der Waals surface area contributed by atoms with Gasteiger partial charge in [-0.25, -0.2) is 0 Å². The number of benzene rings is 1. The molecular weight excluding hydrogens is 324 g/mol. The highest BCUT2D eigenvalue weighted by Crippen LogP contribution is 2.48. The lowest BCUT2D eigenvalue weighted by Crippen LogP contribution is -2.50. The van der Waals surface area contributed by atoms with Crippen LogP contribution in [0.3, 0.4) is 0 Å². The number of likely N-dealkylation sites (tertiary alicyclic amines) is 1. The van der Waals surface area contributed by atoms with Crippen molar-refractivity contribution < 1.29 is 0 Å². The summed E-state index contributed by atoms with van der Waals surface area (Å²) in [6.07, 6.45) is 5.36. The van der Waals surface area contributed by atoms with Crippen LogP contribution >= 0.6 is 15.9 Å². The Morgan fingerprint density at radius 2 is 1.90 bits per heavy atom. The second-order valence-corrected chi connectivity index (χ2v) is 7.68. The van der Waals surface area contributed by atoms with Gasteiger partial charge in [0.2, 0.25) is 0 Å². The highest BCUT2D eigenvalue weighted by molar-refractivity contribution is 9.10. The highest BCUT2D eigenvalue weighted by atomic mass is 79.9. The summed E-state index contributed by atoms with van der Waals surface area (Å²) in [7, 11) is 0. The Balaban J connectivity index is 1.77. The van der Waals surface area contributed by atoms with E-state index in [0.29, 0.717) is 11.3 Å². The molecule has 2 fully saturated rings. The summed E-state index contributed by atoms with van der Waals surface area (Å²) in [5, 5.41) is 3.63. The first-order valence-corrected chi connectivity index (χ1v) is 9.21. The minimum atomic E-state index is 0.531. The fraction of sp³-hybridized carbons (Fsp3) is 0.667. The molecule has 0 aliphatic carbocycles. The lowest BCUT2D eigenvalue weighted by atomic mass is 9.63. The van der Waals surface area contributed by atoms with Gasteiger partial charge in [-0.1, -0.05) is 35.0 Å². The lowest BCUT2D eigenvalue weighted by Gasteiger charge is -2.50. The van der Waals surface area contributed by atoms with Crippen LogP contribution in [0, 0.1) is 5.41 Å². The van der Waals surface area contributed by atoms with Gasteiger partial charge in [-0.3, -0.25) is 0 Å². The molecule has 0 saturated carbocycles. The Labute approximate surface area is 137 Å². The van der Waals surface area contributed by atoms with Gasteiger partial charge in [0.25, 0.3) is 0 Å². The van der Waals surface area contributed by atoms with Crippen LogP contribution < -0.4 is 5.32 Å². The molecule has 21 heavy (non-hydrogen) atoms. The van der Waals surface area contributed by atoms with Gasteiger partial charge in [0.1, 0.15) is 0 Å². The summed E-state index contributed by atoms with van der Waals surface area (Å²) < 4.78 is 1.18. The van der Waals surface area contributed by atoms with Crippen LogP contribution in [0.2, 0.25) is 0 Å². The molecule has 1 unspecified atom stereocenters. The van der Waals surface area contributed by atoms with E-state index >= 15 is 0 Å². The largest absolute Gasteiger partial charge is 0.316 e. The van der Waals surface area contributed by atoms with Crippen LogP contribution in [0.15, 0.2) is 28.7 Å². The summed E-state index contributed by atoms with van der Waals surface area (Å²) in [4.78, 5) is 2.66. The zero-order chi connectivity index (χ0) is 14.7. The zero-order valence-corrected chi connectivity index (χ0v) is 14.7. The van der Waals surface area contributed by atoms with Crippen molar-refractivity contribution in [3.05, 3.63) is 34.3 Å². The summed E-state index contributed by atoms with van der Waals surface area (Å²) in [5.74, 6) is 0.683. The SMILES string of the molecule is CCCN1CCC2(CCNCC2c2ccc(Br)cc2)CC1. The number of nitrogens with one attached hydrogen (secondary N) is 1. The normalized spacial score (nSPS) is 26.1. The molecule has 3 heteroatoms. The first-order chi connectivity index (χ1) is 10.2. The predicted octanol–water partition coefficient (Wildman–Crippen LogP) is 4.02. The van der Waals surface area contributed by atoms with Crippen molar-refractivity contribution in [2.45, 2.75) is 38.5 Å². The van der Waals surface area contributed by atoms with E-state index < -0.39 is 0 Å². The van der Waals surface area contributed by atoms with Crippen LogP contribution in [0.5, 0.6) is 0 Å². The van der Waals surface area contributed by atoms with Crippen molar-refractivity contribution in [1.29, 1.82) is 0 Å². The number of nitrogens with zero attached hydrogens (tertiary/aromatic N) is 1. The van der Waals surface area contributed by atoms with Crippen molar-refractivity contribution in [1.82, 2.24) is 10.2 Å². The van der Waals surface area contributed by atoms with Crippen LogP contribution in [0.4, 0.5) is 0 Å². The molecule has 1 spiro atoms. The summed E-state index contributed by atoms with van der Waals surface area (Å²) >= 11 is 3.56. The Morgan fingerprint density at radius 1 is 1.19 bits per heavy atom. The number of hydrogen-bond donors (Lipinski definition) is 1. The van der Waals surface area contributed by atoms with Gasteiger partial charge in [-0.15, -0.1) is 0 Å². The fourth-order valence-corrected chi connectivity index (χ4v) is 4.54. The van der Waals surface area contributed by atoms with Gasteiger partial charge in [0.15, 0.2) is 0 Å². The van der Waals surface area contributed by atoms with Crippen LogP contribution in [0.25, 0.3) is 0 Å².